The Morgan fingerprint density at radius 3 is 2.37 bits per heavy atom. The number of anilines is 1. The zero-order valence-corrected chi connectivity index (χ0v) is 21.6. The van der Waals surface area contributed by atoms with E-state index in [-0.39, 0.29) is 24.1 Å². The smallest absolute Gasteiger partial charge is 0.250 e. The standard InChI is InChI=1S/C26H31N5O3S/c1-6-26(4,24(33)30-21-9-11-22(34-5)12-10-21)31(16-20-8-7-13-27-15-20)23(32)17-35-25-28-18(2)14-19(3)29-25/h7-15H,6,16-17H2,1-5H3,(H,30,33)/t26-/m1/s1. The molecule has 9 heteroatoms. The van der Waals surface area contributed by atoms with Crippen LogP contribution in [0.15, 0.2) is 60.0 Å². The van der Waals surface area contributed by atoms with Gasteiger partial charge in [0.25, 0.3) is 0 Å². The van der Waals surface area contributed by atoms with Crippen molar-refractivity contribution in [1.82, 2.24) is 19.9 Å². The molecular weight excluding hydrogens is 462 g/mol. The number of aryl methyl sites for hydroxylation is 2. The summed E-state index contributed by atoms with van der Waals surface area (Å²) in [5.41, 5.74) is 2.05. The topological polar surface area (TPSA) is 97.3 Å². The van der Waals surface area contributed by atoms with E-state index >= 15 is 0 Å². The summed E-state index contributed by atoms with van der Waals surface area (Å²) in [5.74, 6) is 0.348. The summed E-state index contributed by atoms with van der Waals surface area (Å²) in [7, 11) is 1.59. The van der Waals surface area contributed by atoms with E-state index in [2.05, 4.69) is 20.3 Å². The van der Waals surface area contributed by atoms with Crippen molar-refractivity contribution in [1.29, 1.82) is 0 Å². The van der Waals surface area contributed by atoms with E-state index in [4.69, 9.17) is 4.74 Å². The van der Waals surface area contributed by atoms with E-state index in [9.17, 15) is 9.59 Å². The Balaban J connectivity index is 1.85. The van der Waals surface area contributed by atoms with Gasteiger partial charge in [-0.1, -0.05) is 24.8 Å². The molecule has 184 valence electrons. The summed E-state index contributed by atoms with van der Waals surface area (Å²) < 4.78 is 5.19. The number of nitrogens with zero attached hydrogens (tertiary/aromatic N) is 4. The summed E-state index contributed by atoms with van der Waals surface area (Å²) in [4.78, 5) is 41.7. The molecule has 3 aromatic rings. The van der Waals surface area contributed by atoms with Gasteiger partial charge in [0.1, 0.15) is 11.3 Å². The third-order valence-electron chi connectivity index (χ3n) is 5.77. The lowest BCUT2D eigenvalue weighted by Crippen LogP contribution is -2.57. The van der Waals surface area contributed by atoms with Crippen LogP contribution in [-0.4, -0.2) is 50.1 Å². The van der Waals surface area contributed by atoms with Crippen LogP contribution in [0.25, 0.3) is 0 Å². The van der Waals surface area contributed by atoms with Gasteiger partial charge in [0.05, 0.1) is 12.9 Å². The molecule has 2 aromatic heterocycles. The Morgan fingerprint density at radius 1 is 1.11 bits per heavy atom. The Hall–Kier alpha value is -3.46. The SMILES string of the molecule is CC[C@](C)(C(=O)Nc1ccc(OC)cc1)N(Cc1cccnc1)C(=O)CSc1nc(C)cc(C)n1. The van der Waals surface area contributed by atoms with Crippen molar-refractivity contribution >= 4 is 29.3 Å². The first-order valence-corrected chi connectivity index (χ1v) is 12.3. The fourth-order valence-corrected chi connectivity index (χ4v) is 4.41. The second-order valence-electron chi connectivity index (χ2n) is 8.37. The highest BCUT2D eigenvalue weighted by Crippen LogP contribution is 2.27. The number of hydrogen-bond donors (Lipinski definition) is 1. The molecular formula is C26H31N5O3S. The van der Waals surface area contributed by atoms with Gasteiger partial charge in [-0.05, 0) is 69.2 Å². The summed E-state index contributed by atoms with van der Waals surface area (Å²) in [5, 5.41) is 3.50. The molecule has 0 spiro atoms. The van der Waals surface area contributed by atoms with E-state index in [1.807, 2.05) is 39.0 Å². The van der Waals surface area contributed by atoms with Gasteiger partial charge in [-0.3, -0.25) is 14.6 Å². The Labute approximate surface area is 210 Å². The van der Waals surface area contributed by atoms with Crippen molar-refractivity contribution in [2.45, 2.75) is 51.4 Å². The van der Waals surface area contributed by atoms with Gasteiger partial charge >= 0.3 is 0 Å². The average molecular weight is 494 g/mol. The first-order valence-electron chi connectivity index (χ1n) is 11.3. The van der Waals surface area contributed by atoms with Gasteiger partial charge in [0.2, 0.25) is 11.8 Å². The van der Waals surface area contributed by atoms with Crippen LogP contribution in [0.5, 0.6) is 5.75 Å². The third kappa shape index (κ3) is 6.79. The number of aromatic nitrogens is 3. The van der Waals surface area contributed by atoms with Crippen LogP contribution >= 0.6 is 11.8 Å². The number of benzene rings is 1. The Morgan fingerprint density at radius 2 is 1.80 bits per heavy atom. The van der Waals surface area contributed by atoms with Crippen LogP contribution in [-0.2, 0) is 16.1 Å². The maximum absolute atomic E-state index is 13.6. The normalized spacial score (nSPS) is 12.5. The number of methoxy groups -OCH3 is 1. The maximum atomic E-state index is 13.6. The lowest BCUT2D eigenvalue weighted by Gasteiger charge is -2.39. The largest absolute Gasteiger partial charge is 0.497 e. The molecule has 0 bridgehead atoms. The lowest BCUT2D eigenvalue weighted by atomic mass is 9.93. The van der Waals surface area contributed by atoms with Crippen molar-refractivity contribution in [2.75, 3.05) is 18.2 Å². The molecule has 1 atom stereocenters. The number of pyridine rings is 1. The minimum absolute atomic E-state index is 0.106. The highest BCUT2D eigenvalue weighted by Gasteiger charge is 2.40. The maximum Gasteiger partial charge on any atom is 0.250 e. The number of thioether (sulfide) groups is 1. The highest BCUT2D eigenvalue weighted by molar-refractivity contribution is 7.99. The number of hydrogen-bond acceptors (Lipinski definition) is 7. The summed E-state index contributed by atoms with van der Waals surface area (Å²) >= 11 is 1.27. The molecule has 0 aliphatic carbocycles. The molecule has 3 rings (SSSR count). The van der Waals surface area contributed by atoms with E-state index in [0.29, 0.717) is 23.0 Å². The van der Waals surface area contributed by atoms with Crippen LogP contribution in [0.3, 0.4) is 0 Å². The quantitative estimate of drug-likeness (QED) is 0.330. The van der Waals surface area contributed by atoms with Crippen LogP contribution in [0.2, 0.25) is 0 Å². The Kier molecular flexibility index (Phi) is 8.81. The van der Waals surface area contributed by atoms with Crippen molar-refractivity contribution in [3.8, 4) is 5.75 Å². The minimum Gasteiger partial charge on any atom is -0.497 e. The zero-order chi connectivity index (χ0) is 25.4. The molecule has 0 saturated carbocycles. The van der Waals surface area contributed by atoms with E-state index < -0.39 is 5.54 Å². The fraction of sp³-hybridized carbons (Fsp3) is 0.346. The average Bonchev–Trinajstić information content (AvgIpc) is 2.86. The van der Waals surface area contributed by atoms with Gasteiger partial charge in [0, 0.05) is 36.0 Å². The summed E-state index contributed by atoms with van der Waals surface area (Å²) in [6.45, 7) is 7.73. The van der Waals surface area contributed by atoms with Crippen molar-refractivity contribution in [2.24, 2.45) is 0 Å². The molecule has 0 aliphatic heterocycles. The zero-order valence-electron chi connectivity index (χ0n) is 20.7. The number of rotatable bonds is 10. The number of nitrogens with one attached hydrogen (secondary N) is 1. The van der Waals surface area contributed by atoms with Gasteiger partial charge in [-0.15, -0.1) is 0 Å². The molecule has 0 unspecified atom stereocenters. The molecule has 35 heavy (non-hydrogen) atoms. The number of carbonyl (C=O) groups is 2. The minimum atomic E-state index is -1.10. The second kappa shape index (κ2) is 11.8. The van der Waals surface area contributed by atoms with E-state index in [0.717, 1.165) is 17.0 Å². The molecule has 1 aromatic carbocycles. The Bertz CT molecular complexity index is 1140. The molecule has 0 radical (unpaired) electrons. The molecule has 2 heterocycles. The number of carbonyl (C=O) groups excluding carboxylic acids is 2. The predicted octanol–water partition coefficient (Wildman–Crippen LogP) is 4.43. The number of ether oxygens (including phenoxy) is 1. The van der Waals surface area contributed by atoms with Crippen LogP contribution in [0, 0.1) is 13.8 Å². The third-order valence-corrected chi connectivity index (χ3v) is 6.60. The predicted molar refractivity (Wildman–Crippen MR) is 137 cm³/mol. The first-order chi connectivity index (χ1) is 16.7. The monoisotopic (exact) mass is 493 g/mol. The van der Waals surface area contributed by atoms with Gasteiger partial charge in [0.15, 0.2) is 5.16 Å². The molecule has 0 aliphatic rings. The molecule has 8 nitrogen and oxygen atoms in total. The van der Waals surface area contributed by atoms with Crippen molar-refractivity contribution in [3.05, 3.63) is 71.8 Å². The molecule has 2 amide bonds. The van der Waals surface area contributed by atoms with Gasteiger partial charge < -0.3 is 15.0 Å². The van der Waals surface area contributed by atoms with Crippen LogP contribution in [0.4, 0.5) is 5.69 Å². The fourth-order valence-electron chi connectivity index (χ4n) is 3.59. The second-order valence-corrected chi connectivity index (χ2v) is 9.32. The first kappa shape index (κ1) is 26.2. The molecule has 0 saturated heterocycles. The molecule has 0 fully saturated rings. The van der Waals surface area contributed by atoms with Gasteiger partial charge in [-0.2, -0.15) is 0 Å². The van der Waals surface area contributed by atoms with Crippen LogP contribution < -0.4 is 10.1 Å². The van der Waals surface area contributed by atoms with E-state index in [1.54, 1.807) is 55.6 Å². The number of amides is 2. The van der Waals surface area contributed by atoms with Crippen molar-refractivity contribution in [3.63, 3.8) is 0 Å². The van der Waals surface area contributed by atoms with Crippen molar-refractivity contribution < 1.29 is 14.3 Å². The highest BCUT2D eigenvalue weighted by atomic mass is 32.2. The summed E-state index contributed by atoms with van der Waals surface area (Å²) in [6, 6.07) is 12.7. The van der Waals surface area contributed by atoms with Crippen LogP contribution in [0.1, 0.15) is 37.2 Å². The molecule has 1 N–H and O–H groups in total. The lowest BCUT2D eigenvalue weighted by molar-refractivity contribution is -0.143. The summed E-state index contributed by atoms with van der Waals surface area (Å²) in [6.07, 6.45) is 3.81. The van der Waals surface area contributed by atoms with Gasteiger partial charge in [-0.25, -0.2) is 9.97 Å². The van der Waals surface area contributed by atoms with E-state index in [1.165, 1.54) is 11.8 Å².